The molecule has 28 heavy (non-hydrogen) atoms. The van der Waals surface area contributed by atoms with E-state index < -0.39 is 5.97 Å². The molecule has 1 aliphatic heterocycles. The lowest BCUT2D eigenvalue weighted by Gasteiger charge is -2.29. The fourth-order valence-corrected chi connectivity index (χ4v) is 4.29. The second-order valence-corrected chi connectivity index (χ2v) is 7.99. The minimum atomic E-state index is -1.03. The van der Waals surface area contributed by atoms with Gasteiger partial charge in [0.25, 0.3) is 0 Å². The first kappa shape index (κ1) is 22.2. The van der Waals surface area contributed by atoms with Crippen LogP contribution in [0, 0.1) is 5.92 Å². The van der Waals surface area contributed by atoms with Gasteiger partial charge in [0.2, 0.25) is 17.7 Å². The third kappa shape index (κ3) is 7.13. The van der Waals surface area contributed by atoms with Gasteiger partial charge in [-0.2, -0.15) is 0 Å². The van der Waals surface area contributed by atoms with E-state index in [0.717, 1.165) is 12.8 Å². The first-order valence-electron chi connectivity index (χ1n) is 10.4. The van der Waals surface area contributed by atoms with Crippen LogP contribution in [-0.4, -0.2) is 70.8 Å². The van der Waals surface area contributed by atoms with E-state index in [9.17, 15) is 19.2 Å². The van der Waals surface area contributed by atoms with E-state index >= 15 is 0 Å². The summed E-state index contributed by atoms with van der Waals surface area (Å²) in [7, 11) is 0. The highest BCUT2D eigenvalue weighted by molar-refractivity contribution is 5.85. The zero-order chi connectivity index (χ0) is 20.5. The molecule has 0 aromatic heterocycles. The molecule has 1 aliphatic carbocycles. The van der Waals surface area contributed by atoms with Crippen LogP contribution < -0.4 is 5.32 Å². The molecule has 8 heteroatoms. The summed E-state index contributed by atoms with van der Waals surface area (Å²) >= 11 is 0. The van der Waals surface area contributed by atoms with Gasteiger partial charge < -0.3 is 20.2 Å². The Kier molecular flexibility index (Phi) is 8.73. The molecule has 158 valence electrons. The number of hydrogen-bond acceptors (Lipinski definition) is 4. The summed E-state index contributed by atoms with van der Waals surface area (Å²) in [5.74, 6) is -1.03. The number of carbonyl (C=O) groups excluding carboxylic acids is 3. The lowest BCUT2D eigenvalue weighted by atomic mass is 9.87. The van der Waals surface area contributed by atoms with Crippen LogP contribution in [0.1, 0.15) is 64.7 Å². The Morgan fingerprint density at radius 3 is 2.36 bits per heavy atom. The molecule has 8 nitrogen and oxygen atoms in total. The van der Waals surface area contributed by atoms with Crippen molar-refractivity contribution < 1.29 is 24.3 Å². The van der Waals surface area contributed by atoms with Crippen molar-refractivity contribution in [3.63, 3.8) is 0 Å². The van der Waals surface area contributed by atoms with E-state index in [1.807, 2.05) is 0 Å². The maximum atomic E-state index is 12.5. The molecule has 2 aliphatic rings. The normalized spacial score (nSPS) is 20.9. The Hall–Kier alpha value is -2.12. The highest BCUT2D eigenvalue weighted by Gasteiger charge is 2.27. The van der Waals surface area contributed by atoms with Crippen molar-refractivity contribution in [2.24, 2.45) is 5.92 Å². The molecule has 2 N–H and O–H groups in total. The van der Waals surface area contributed by atoms with Crippen molar-refractivity contribution in [2.75, 3.05) is 26.2 Å². The number of carbonyl (C=O) groups is 4. The Bertz CT molecular complexity index is 574. The number of carboxylic acids is 1. The monoisotopic (exact) mass is 395 g/mol. The van der Waals surface area contributed by atoms with Crippen molar-refractivity contribution in [3.05, 3.63) is 0 Å². The minimum Gasteiger partial charge on any atom is -0.480 e. The van der Waals surface area contributed by atoms with Crippen LogP contribution >= 0.6 is 0 Å². The quantitative estimate of drug-likeness (QED) is 0.677. The summed E-state index contributed by atoms with van der Waals surface area (Å²) in [6.45, 7) is 2.09. The number of amides is 3. The predicted molar refractivity (Wildman–Crippen MR) is 103 cm³/mol. The average molecular weight is 396 g/mol. The Labute approximate surface area is 166 Å². The van der Waals surface area contributed by atoms with Gasteiger partial charge in [-0.25, -0.2) is 0 Å². The van der Waals surface area contributed by atoms with Crippen LogP contribution in [0.3, 0.4) is 0 Å². The van der Waals surface area contributed by atoms with Crippen molar-refractivity contribution in [1.82, 2.24) is 15.1 Å². The number of nitrogens with one attached hydrogen (secondary N) is 1. The number of hydrogen-bond donors (Lipinski definition) is 2. The molecule has 0 bridgehead atoms. The summed E-state index contributed by atoms with van der Waals surface area (Å²) in [5, 5.41) is 11.8. The molecule has 0 spiro atoms. The van der Waals surface area contributed by atoms with Gasteiger partial charge in [-0.3, -0.25) is 19.2 Å². The van der Waals surface area contributed by atoms with E-state index in [1.54, 1.807) is 4.90 Å². The Balaban J connectivity index is 1.77. The van der Waals surface area contributed by atoms with E-state index in [0.29, 0.717) is 44.7 Å². The fourth-order valence-electron chi connectivity index (χ4n) is 4.29. The highest BCUT2D eigenvalue weighted by Crippen LogP contribution is 2.26. The van der Waals surface area contributed by atoms with Gasteiger partial charge in [-0.05, 0) is 38.0 Å². The number of aliphatic carboxylic acids is 1. The summed E-state index contributed by atoms with van der Waals surface area (Å²) < 4.78 is 0. The Morgan fingerprint density at radius 2 is 1.71 bits per heavy atom. The Morgan fingerprint density at radius 1 is 1.00 bits per heavy atom. The van der Waals surface area contributed by atoms with Gasteiger partial charge in [-0.15, -0.1) is 0 Å². The van der Waals surface area contributed by atoms with Crippen LogP contribution in [0.15, 0.2) is 0 Å². The fraction of sp³-hybridized carbons (Fsp3) is 0.800. The van der Waals surface area contributed by atoms with Gasteiger partial charge in [0, 0.05) is 32.5 Å². The molecule has 1 saturated heterocycles. The smallest absolute Gasteiger partial charge is 0.323 e. The topological polar surface area (TPSA) is 107 Å². The third-order valence-electron chi connectivity index (χ3n) is 5.84. The number of rotatable bonds is 7. The first-order valence-corrected chi connectivity index (χ1v) is 10.4. The molecule has 1 atom stereocenters. The second kappa shape index (κ2) is 11.0. The number of nitrogens with zero attached hydrogens (tertiary/aromatic N) is 2. The number of carboxylic acid groups (broad SMARTS) is 1. The van der Waals surface area contributed by atoms with E-state index in [4.69, 9.17) is 5.11 Å². The first-order chi connectivity index (χ1) is 13.4. The van der Waals surface area contributed by atoms with Crippen molar-refractivity contribution in [2.45, 2.75) is 70.8 Å². The molecular formula is C20H33N3O5. The molecular weight excluding hydrogens is 362 g/mol. The maximum Gasteiger partial charge on any atom is 0.323 e. The van der Waals surface area contributed by atoms with Gasteiger partial charge in [0.05, 0.1) is 6.54 Å². The molecule has 3 amide bonds. The van der Waals surface area contributed by atoms with Gasteiger partial charge in [0.15, 0.2) is 0 Å². The zero-order valence-electron chi connectivity index (χ0n) is 16.8. The molecule has 1 heterocycles. The largest absolute Gasteiger partial charge is 0.480 e. The highest BCUT2D eigenvalue weighted by atomic mass is 16.4. The lowest BCUT2D eigenvalue weighted by molar-refractivity contribution is -0.145. The summed E-state index contributed by atoms with van der Waals surface area (Å²) in [6.07, 6.45) is 8.24. The third-order valence-corrected chi connectivity index (χ3v) is 5.84. The summed E-state index contributed by atoms with van der Waals surface area (Å²) in [4.78, 5) is 50.5. The van der Waals surface area contributed by atoms with Gasteiger partial charge in [0.1, 0.15) is 6.54 Å². The average Bonchev–Trinajstić information content (AvgIpc) is 2.91. The van der Waals surface area contributed by atoms with Crippen LogP contribution in [0.4, 0.5) is 0 Å². The zero-order valence-corrected chi connectivity index (χ0v) is 16.8. The molecule has 2 rings (SSSR count). The lowest BCUT2D eigenvalue weighted by Crippen LogP contribution is -2.44. The van der Waals surface area contributed by atoms with Crippen molar-refractivity contribution in [3.8, 4) is 0 Å². The number of likely N-dealkylation sites (tertiary alicyclic amines) is 1. The molecule has 1 unspecified atom stereocenters. The molecule has 0 radical (unpaired) electrons. The van der Waals surface area contributed by atoms with E-state index in [2.05, 4.69) is 5.32 Å². The summed E-state index contributed by atoms with van der Waals surface area (Å²) in [6, 6.07) is -0.174. The van der Waals surface area contributed by atoms with Gasteiger partial charge in [-0.1, -0.05) is 19.3 Å². The second-order valence-electron chi connectivity index (χ2n) is 7.99. The molecule has 0 aromatic carbocycles. The molecule has 2 fully saturated rings. The maximum absolute atomic E-state index is 12.5. The van der Waals surface area contributed by atoms with Crippen molar-refractivity contribution >= 4 is 23.7 Å². The van der Waals surface area contributed by atoms with Gasteiger partial charge >= 0.3 is 5.97 Å². The van der Waals surface area contributed by atoms with E-state index in [-0.39, 0.29) is 36.9 Å². The van der Waals surface area contributed by atoms with Crippen LogP contribution in [0.2, 0.25) is 0 Å². The molecule has 1 saturated carbocycles. The standard InChI is InChI=1S/C20H33N3O5/c1-15(24)23(14-20(27)28)17-8-5-10-22(11-9-17)19(26)13-21-18(25)12-16-6-3-2-4-7-16/h16-17H,2-14H2,1H3,(H,21,25)(H,27,28). The summed E-state index contributed by atoms with van der Waals surface area (Å²) in [5.41, 5.74) is 0. The van der Waals surface area contributed by atoms with Crippen LogP contribution in [0.25, 0.3) is 0 Å². The van der Waals surface area contributed by atoms with E-state index in [1.165, 1.54) is 31.1 Å². The minimum absolute atomic E-state index is 0.00175. The SMILES string of the molecule is CC(=O)N(CC(=O)O)C1CCCN(C(=O)CNC(=O)CC2CCCCC2)CC1. The predicted octanol–water partition coefficient (Wildman–Crippen LogP) is 1.39. The molecule has 0 aromatic rings. The van der Waals surface area contributed by atoms with Crippen LogP contribution in [-0.2, 0) is 19.2 Å². The van der Waals surface area contributed by atoms with Crippen LogP contribution in [0.5, 0.6) is 0 Å². The van der Waals surface area contributed by atoms with Crippen molar-refractivity contribution in [1.29, 1.82) is 0 Å².